The van der Waals surface area contributed by atoms with Gasteiger partial charge in [-0.3, -0.25) is 9.67 Å². The molecule has 1 aliphatic heterocycles. The monoisotopic (exact) mass is 350 g/mol. The number of nitrogens with zero attached hydrogens (tertiary/aromatic N) is 6. The minimum absolute atomic E-state index is 0.222. The third kappa shape index (κ3) is 3.19. The van der Waals surface area contributed by atoms with Crippen LogP contribution in [0.25, 0.3) is 11.4 Å². The molecule has 0 aliphatic carbocycles. The summed E-state index contributed by atoms with van der Waals surface area (Å²) < 4.78 is 28.9. The topological polar surface area (TPSA) is 84.2 Å². The lowest BCUT2D eigenvalue weighted by molar-refractivity contribution is 0.300. The molecule has 9 heteroatoms. The van der Waals surface area contributed by atoms with Gasteiger partial charge in [-0.2, -0.15) is 22.1 Å². The van der Waals surface area contributed by atoms with Crippen molar-refractivity contribution in [3.05, 3.63) is 30.4 Å². The molecule has 24 heavy (non-hydrogen) atoms. The first-order valence-corrected chi connectivity index (χ1v) is 9.27. The summed E-state index contributed by atoms with van der Waals surface area (Å²) in [5.41, 5.74) is 2.61. The third-order valence-corrected chi connectivity index (χ3v) is 6.34. The van der Waals surface area contributed by atoms with Crippen LogP contribution in [0.15, 0.2) is 24.7 Å². The van der Waals surface area contributed by atoms with Gasteiger partial charge in [0.1, 0.15) is 5.69 Å². The quantitative estimate of drug-likeness (QED) is 0.817. The molecule has 3 heterocycles. The van der Waals surface area contributed by atoms with Crippen molar-refractivity contribution in [2.45, 2.75) is 18.8 Å². The van der Waals surface area contributed by atoms with E-state index in [1.165, 1.54) is 8.61 Å². The first-order valence-electron chi connectivity index (χ1n) is 7.87. The van der Waals surface area contributed by atoms with Crippen molar-refractivity contribution < 1.29 is 8.42 Å². The summed E-state index contributed by atoms with van der Waals surface area (Å²) in [6, 6.07) is 1.90. The van der Waals surface area contributed by atoms with Crippen LogP contribution < -0.4 is 0 Å². The van der Waals surface area contributed by atoms with Gasteiger partial charge < -0.3 is 0 Å². The van der Waals surface area contributed by atoms with Gasteiger partial charge in [-0.15, -0.1) is 0 Å². The van der Waals surface area contributed by atoms with Crippen molar-refractivity contribution in [3.8, 4) is 11.4 Å². The zero-order valence-corrected chi connectivity index (χ0v) is 14.9. The van der Waals surface area contributed by atoms with Crippen LogP contribution in [0.1, 0.15) is 24.5 Å². The van der Waals surface area contributed by atoms with E-state index in [0.717, 1.165) is 29.9 Å². The van der Waals surface area contributed by atoms with Crippen molar-refractivity contribution in [2.24, 2.45) is 7.05 Å². The van der Waals surface area contributed by atoms with Crippen molar-refractivity contribution in [2.75, 3.05) is 27.2 Å². The second-order valence-corrected chi connectivity index (χ2v) is 8.28. The normalized spacial score (nSPS) is 17.5. The molecule has 3 rings (SSSR count). The van der Waals surface area contributed by atoms with Crippen LogP contribution in [-0.4, -0.2) is 64.0 Å². The van der Waals surface area contributed by atoms with Crippen molar-refractivity contribution >= 4 is 10.2 Å². The number of piperidine rings is 1. The maximum atomic E-state index is 12.2. The minimum Gasteiger partial charge on any atom is -0.266 e. The number of hydrogen-bond donors (Lipinski definition) is 0. The Bertz CT molecular complexity index is 809. The van der Waals surface area contributed by atoms with Gasteiger partial charge in [0.25, 0.3) is 10.2 Å². The highest BCUT2D eigenvalue weighted by molar-refractivity contribution is 7.86. The predicted molar refractivity (Wildman–Crippen MR) is 90.4 cm³/mol. The Hall–Kier alpha value is -1.84. The molecule has 0 radical (unpaired) electrons. The van der Waals surface area contributed by atoms with Crippen molar-refractivity contribution in [3.63, 3.8) is 0 Å². The molecular weight excluding hydrogens is 328 g/mol. The maximum absolute atomic E-state index is 12.2. The van der Waals surface area contributed by atoms with Gasteiger partial charge in [0.05, 0.1) is 17.6 Å². The first kappa shape index (κ1) is 17.0. The maximum Gasteiger partial charge on any atom is 0.281 e. The lowest BCUT2D eigenvalue weighted by atomic mass is 9.95. The molecular formula is C15H22N6O2S. The van der Waals surface area contributed by atoms with Gasteiger partial charge >= 0.3 is 0 Å². The van der Waals surface area contributed by atoms with Gasteiger partial charge in [-0.25, -0.2) is 4.98 Å². The molecule has 0 bridgehead atoms. The molecule has 0 N–H and O–H groups in total. The molecule has 0 spiro atoms. The lowest BCUT2D eigenvalue weighted by Crippen LogP contribution is -2.44. The largest absolute Gasteiger partial charge is 0.281 e. The number of aromatic nitrogens is 4. The Morgan fingerprint density at radius 1 is 1.21 bits per heavy atom. The van der Waals surface area contributed by atoms with Gasteiger partial charge in [0, 0.05) is 52.5 Å². The Kier molecular flexibility index (Phi) is 4.66. The SMILES string of the molecule is CN(C)S(=O)(=O)N1CCC(c2cncc(-c3ccnn3C)n2)CC1. The summed E-state index contributed by atoms with van der Waals surface area (Å²) >= 11 is 0. The Labute approximate surface area is 142 Å². The average Bonchev–Trinajstić information content (AvgIpc) is 3.01. The van der Waals surface area contributed by atoms with E-state index in [-0.39, 0.29) is 5.92 Å². The molecule has 0 aromatic carbocycles. The second kappa shape index (κ2) is 6.58. The molecule has 1 saturated heterocycles. The molecule has 130 valence electrons. The van der Waals surface area contributed by atoms with Crippen LogP contribution in [0.3, 0.4) is 0 Å². The first-order chi connectivity index (χ1) is 11.4. The Balaban J connectivity index is 1.75. The van der Waals surface area contributed by atoms with E-state index >= 15 is 0 Å². The second-order valence-electron chi connectivity index (χ2n) is 6.13. The number of hydrogen-bond acceptors (Lipinski definition) is 5. The molecule has 8 nitrogen and oxygen atoms in total. The summed E-state index contributed by atoms with van der Waals surface area (Å²) in [7, 11) is 1.65. The van der Waals surface area contributed by atoms with Crippen LogP contribution in [0.4, 0.5) is 0 Å². The lowest BCUT2D eigenvalue weighted by Gasteiger charge is -2.32. The Morgan fingerprint density at radius 3 is 2.50 bits per heavy atom. The highest BCUT2D eigenvalue weighted by Gasteiger charge is 2.30. The van der Waals surface area contributed by atoms with Gasteiger partial charge in [0.15, 0.2) is 0 Å². The minimum atomic E-state index is -3.34. The van der Waals surface area contributed by atoms with Crippen LogP contribution in [0.2, 0.25) is 0 Å². The van der Waals surface area contributed by atoms with E-state index in [0.29, 0.717) is 13.1 Å². The van der Waals surface area contributed by atoms with E-state index in [1.54, 1.807) is 37.4 Å². The number of aryl methyl sites for hydroxylation is 1. The Morgan fingerprint density at radius 2 is 1.92 bits per heavy atom. The summed E-state index contributed by atoms with van der Waals surface area (Å²) in [6.45, 7) is 1.01. The predicted octanol–water partition coefficient (Wildman–Crippen LogP) is 0.863. The molecule has 0 saturated carbocycles. The fourth-order valence-corrected chi connectivity index (χ4v) is 4.07. The summed E-state index contributed by atoms with van der Waals surface area (Å²) in [5, 5.41) is 4.16. The standard InChI is InChI=1S/C15H22N6O2S/c1-19(2)24(22,23)21-8-5-12(6-9-21)13-10-16-11-14(18-13)15-4-7-17-20(15)3/h4,7,10-12H,5-6,8-9H2,1-3H3. The van der Waals surface area contributed by atoms with Gasteiger partial charge in [-0.05, 0) is 18.9 Å². The summed E-state index contributed by atoms with van der Waals surface area (Å²) in [4.78, 5) is 9.03. The smallest absolute Gasteiger partial charge is 0.266 e. The number of rotatable bonds is 4. The molecule has 1 fully saturated rings. The van der Waals surface area contributed by atoms with E-state index in [1.807, 2.05) is 13.1 Å². The average molecular weight is 350 g/mol. The van der Waals surface area contributed by atoms with E-state index in [4.69, 9.17) is 4.98 Å². The zero-order chi connectivity index (χ0) is 17.3. The molecule has 2 aromatic heterocycles. The van der Waals surface area contributed by atoms with Crippen molar-refractivity contribution in [1.82, 2.24) is 28.4 Å². The molecule has 2 aromatic rings. The van der Waals surface area contributed by atoms with Crippen LogP contribution >= 0.6 is 0 Å². The molecule has 0 unspecified atom stereocenters. The fraction of sp³-hybridized carbons (Fsp3) is 0.533. The van der Waals surface area contributed by atoms with E-state index in [2.05, 4.69) is 10.1 Å². The van der Waals surface area contributed by atoms with Crippen LogP contribution in [0.5, 0.6) is 0 Å². The highest BCUT2D eigenvalue weighted by atomic mass is 32.2. The van der Waals surface area contributed by atoms with Gasteiger partial charge in [-0.1, -0.05) is 0 Å². The van der Waals surface area contributed by atoms with E-state index < -0.39 is 10.2 Å². The summed E-state index contributed by atoms with van der Waals surface area (Å²) in [6.07, 6.45) is 6.73. The third-order valence-electron chi connectivity index (χ3n) is 4.40. The van der Waals surface area contributed by atoms with Crippen LogP contribution in [-0.2, 0) is 17.3 Å². The molecule has 0 amide bonds. The fourth-order valence-electron chi connectivity index (χ4n) is 2.94. The van der Waals surface area contributed by atoms with Crippen LogP contribution in [0, 0.1) is 0 Å². The van der Waals surface area contributed by atoms with E-state index in [9.17, 15) is 8.42 Å². The zero-order valence-electron chi connectivity index (χ0n) is 14.1. The highest BCUT2D eigenvalue weighted by Crippen LogP contribution is 2.29. The molecule has 1 aliphatic rings. The van der Waals surface area contributed by atoms with Crippen molar-refractivity contribution in [1.29, 1.82) is 0 Å². The molecule has 0 atom stereocenters. The summed E-state index contributed by atoms with van der Waals surface area (Å²) in [5.74, 6) is 0.222. The van der Waals surface area contributed by atoms with Gasteiger partial charge in [0.2, 0.25) is 0 Å².